The molecule has 5 atom stereocenters. The standard InChI is InChI=1S/C39H50FN5O10S/c1-5-25-19-39(25,35(49)43-56(52,53)28-15-16-28)42-33(47)32-18-27(54-37(51)44-20-24-10-7-11-30(40)29(24)22-44)21-45(32)34(48)31(41-36(50)55-38(2,3)4)17-14-26(46)13-12-23-8-6-9-23/h5,7,10-13,23,25,27-28,31-32H,1,6,8-9,14-22H2,2-4H3,(H,41,50)(H,42,47)(H,43,49)/b13-12+/t25-,27?,31+,32+,39-/m1/s1. The van der Waals surface area contributed by atoms with E-state index in [4.69, 9.17) is 9.47 Å². The maximum absolute atomic E-state index is 14.5. The molecule has 15 nitrogen and oxygen atoms in total. The predicted octanol–water partition coefficient (Wildman–Crippen LogP) is 3.52. The average molecular weight is 800 g/mol. The van der Waals surface area contributed by atoms with Crippen molar-refractivity contribution in [3.63, 3.8) is 0 Å². The van der Waals surface area contributed by atoms with Gasteiger partial charge in [0.1, 0.15) is 35.1 Å². The van der Waals surface area contributed by atoms with Crippen molar-refractivity contribution in [2.24, 2.45) is 11.8 Å². The molecule has 304 valence electrons. The van der Waals surface area contributed by atoms with Gasteiger partial charge in [-0.05, 0) is 82.9 Å². The number of hydrogen-bond donors (Lipinski definition) is 3. The Hall–Kier alpha value is -4.80. The summed E-state index contributed by atoms with van der Waals surface area (Å²) in [6, 6.07) is 1.82. The first-order valence-electron chi connectivity index (χ1n) is 19.1. The van der Waals surface area contributed by atoms with Crippen LogP contribution < -0.4 is 15.4 Å². The van der Waals surface area contributed by atoms with E-state index in [1.54, 1.807) is 26.8 Å². The number of carbonyl (C=O) groups excluding carboxylic acids is 6. The molecule has 0 bridgehead atoms. The molecular weight excluding hydrogens is 750 g/mol. The molecule has 5 amide bonds. The lowest BCUT2D eigenvalue weighted by Gasteiger charge is -2.30. The van der Waals surface area contributed by atoms with Crippen LogP contribution in [0.2, 0.25) is 0 Å². The van der Waals surface area contributed by atoms with E-state index in [1.807, 2.05) is 6.08 Å². The Kier molecular flexibility index (Phi) is 11.7. The fourth-order valence-corrected chi connectivity index (χ4v) is 8.64. The minimum Gasteiger partial charge on any atom is -0.444 e. The summed E-state index contributed by atoms with van der Waals surface area (Å²) in [7, 11) is -3.97. The van der Waals surface area contributed by atoms with Gasteiger partial charge >= 0.3 is 12.2 Å². The van der Waals surface area contributed by atoms with Crippen molar-refractivity contribution >= 4 is 45.7 Å². The highest BCUT2D eigenvalue weighted by atomic mass is 32.2. The zero-order valence-electron chi connectivity index (χ0n) is 31.9. The topological polar surface area (TPSA) is 198 Å². The van der Waals surface area contributed by atoms with Crippen molar-refractivity contribution in [1.29, 1.82) is 0 Å². The Balaban J connectivity index is 1.22. The monoisotopic (exact) mass is 799 g/mol. The quantitative estimate of drug-likeness (QED) is 0.185. The number of likely N-dealkylation sites (tertiary alicyclic amines) is 1. The zero-order chi connectivity index (χ0) is 40.6. The van der Waals surface area contributed by atoms with Crippen molar-refractivity contribution in [2.45, 2.75) is 126 Å². The van der Waals surface area contributed by atoms with Crippen molar-refractivity contribution < 1.29 is 51.0 Å². The van der Waals surface area contributed by atoms with E-state index >= 15 is 0 Å². The molecule has 1 aromatic carbocycles. The summed E-state index contributed by atoms with van der Waals surface area (Å²) in [6.45, 7) is 8.37. The molecule has 6 rings (SSSR count). The van der Waals surface area contributed by atoms with E-state index in [2.05, 4.69) is 21.9 Å². The van der Waals surface area contributed by atoms with Crippen molar-refractivity contribution in [2.75, 3.05) is 6.54 Å². The van der Waals surface area contributed by atoms with Crippen LogP contribution in [-0.4, -0.2) is 95.0 Å². The third kappa shape index (κ3) is 9.41. The van der Waals surface area contributed by atoms with Gasteiger partial charge in [-0.3, -0.25) is 28.8 Å². The number of hydrogen-bond acceptors (Lipinski definition) is 10. The van der Waals surface area contributed by atoms with Crippen molar-refractivity contribution in [3.8, 4) is 0 Å². The number of rotatable bonds is 14. The van der Waals surface area contributed by atoms with Gasteiger partial charge in [0.2, 0.25) is 21.8 Å². The molecular formula is C39H50FN5O10S. The summed E-state index contributed by atoms with van der Waals surface area (Å²) in [5.74, 6) is -3.55. The highest BCUT2D eigenvalue weighted by Crippen LogP contribution is 2.45. The Morgan fingerprint density at radius 1 is 1.09 bits per heavy atom. The smallest absolute Gasteiger partial charge is 0.410 e. The van der Waals surface area contributed by atoms with Crippen LogP contribution in [-0.2, 0) is 51.8 Å². The van der Waals surface area contributed by atoms with Crippen LogP contribution in [0.5, 0.6) is 0 Å². The van der Waals surface area contributed by atoms with Crippen molar-refractivity contribution in [1.82, 2.24) is 25.2 Å². The maximum Gasteiger partial charge on any atom is 0.410 e. The summed E-state index contributed by atoms with van der Waals surface area (Å²) in [5, 5.41) is 4.52. The van der Waals surface area contributed by atoms with Crippen LogP contribution in [0.1, 0.15) is 89.7 Å². The normalized spacial score (nSPS) is 25.1. The van der Waals surface area contributed by atoms with Crippen molar-refractivity contribution in [3.05, 3.63) is 60.0 Å². The summed E-state index contributed by atoms with van der Waals surface area (Å²) in [5.41, 5.74) is -1.63. The predicted molar refractivity (Wildman–Crippen MR) is 199 cm³/mol. The molecule has 1 aromatic rings. The van der Waals surface area contributed by atoms with Gasteiger partial charge in [0.05, 0.1) is 18.3 Å². The third-order valence-corrected chi connectivity index (χ3v) is 12.7. The van der Waals surface area contributed by atoms with E-state index in [0.717, 1.165) is 24.2 Å². The third-order valence-electron chi connectivity index (χ3n) is 10.9. The van der Waals surface area contributed by atoms with Gasteiger partial charge in [0, 0.05) is 30.9 Å². The molecule has 1 saturated heterocycles. The maximum atomic E-state index is 14.5. The Bertz CT molecular complexity index is 1920. The summed E-state index contributed by atoms with van der Waals surface area (Å²) >= 11 is 0. The molecule has 2 aliphatic heterocycles. The lowest BCUT2D eigenvalue weighted by atomic mass is 9.85. The molecule has 0 aromatic heterocycles. The summed E-state index contributed by atoms with van der Waals surface area (Å²) in [4.78, 5) is 83.8. The molecule has 3 aliphatic carbocycles. The van der Waals surface area contributed by atoms with Crippen LogP contribution >= 0.6 is 0 Å². The van der Waals surface area contributed by atoms with E-state index in [1.165, 1.54) is 29.2 Å². The Morgan fingerprint density at radius 2 is 1.82 bits per heavy atom. The number of nitrogens with zero attached hydrogens (tertiary/aromatic N) is 2. The zero-order valence-corrected chi connectivity index (χ0v) is 32.7. The van der Waals surface area contributed by atoms with Crippen LogP contribution in [0.3, 0.4) is 0 Å². The lowest BCUT2D eigenvalue weighted by Crippen LogP contribution is -2.58. The molecule has 17 heteroatoms. The molecule has 56 heavy (non-hydrogen) atoms. The Morgan fingerprint density at radius 3 is 2.43 bits per heavy atom. The first kappa shape index (κ1) is 40.9. The first-order chi connectivity index (χ1) is 26.4. The Labute approximate surface area is 325 Å². The van der Waals surface area contributed by atoms with Gasteiger partial charge in [-0.2, -0.15) is 0 Å². The number of halogens is 1. The van der Waals surface area contributed by atoms with Gasteiger partial charge in [-0.1, -0.05) is 30.7 Å². The number of allylic oxidation sites excluding steroid dienone is 2. The van der Waals surface area contributed by atoms with E-state index < -0.39 is 86.2 Å². The number of alkyl carbamates (subject to hydrolysis) is 1. The fourth-order valence-electron chi connectivity index (χ4n) is 7.27. The molecule has 3 saturated carbocycles. The number of ketones is 1. The van der Waals surface area contributed by atoms with Crippen LogP contribution in [0.15, 0.2) is 43.0 Å². The first-order valence-corrected chi connectivity index (χ1v) is 20.7. The fraction of sp³-hybridized carbons (Fsp3) is 0.590. The average Bonchev–Trinajstić information content (AvgIpc) is 3.99. The molecule has 0 radical (unpaired) electrons. The second-order valence-corrected chi connectivity index (χ2v) is 18.4. The molecule has 3 N–H and O–H groups in total. The lowest BCUT2D eigenvalue weighted by molar-refractivity contribution is -0.141. The van der Waals surface area contributed by atoms with E-state index in [-0.39, 0.29) is 51.1 Å². The second-order valence-electron chi connectivity index (χ2n) is 16.4. The molecule has 1 unspecified atom stereocenters. The molecule has 0 spiro atoms. The highest BCUT2D eigenvalue weighted by molar-refractivity contribution is 7.91. The van der Waals surface area contributed by atoms with E-state index in [9.17, 15) is 41.6 Å². The number of benzene rings is 1. The summed E-state index contributed by atoms with van der Waals surface area (Å²) < 4.78 is 53.1. The number of fused-ring (bicyclic) bond motifs is 1. The van der Waals surface area contributed by atoms with E-state index in [0.29, 0.717) is 29.9 Å². The van der Waals surface area contributed by atoms with Crippen LogP contribution in [0.25, 0.3) is 0 Å². The minimum absolute atomic E-state index is 0.0461. The number of amides is 5. The molecule has 4 fully saturated rings. The number of sulfonamides is 1. The number of nitrogens with one attached hydrogen (secondary N) is 3. The largest absolute Gasteiger partial charge is 0.444 e. The molecule has 5 aliphatic rings. The van der Waals surface area contributed by atoms with Crippen LogP contribution in [0, 0.1) is 17.7 Å². The highest BCUT2D eigenvalue weighted by Gasteiger charge is 2.62. The molecule has 2 heterocycles. The van der Waals surface area contributed by atoms with Crippen LogP contribution in [0.4, 0.5) is 14.0 Å². The number of carbonyl (C=O) groups is 6. The van der Waals surface area contributed by atoms with Gasteiger partial charge in [0.15, 0.2) is 5.78 Å². The van der Waals surface area contributed by atoms with Gasteiger partial charge in [0.25, 0.3) is 5.91 Å². The summed E-state index contributed by atoms with van der Waals surface area (Å²) in [6.07, 6.45) is 5.39. The van der Waals surface area contributed by atoms with Gasteiger partial charge in [-0.15, -0.1) is 6.58 Å². The second kappa shape index (κ2) is 16.0. The number of ether oxygens (including phenoxy) is 2. The van der Waals surface area contributed by atoms with Gasteiger partial charge < -0.3 is 25.0 Å². The minimum atomic E-state index is -3.97. The van der Waals surface area contributed by atoms with Gasteiger partial charge in [-0.25, -0.2) is 22.4 Å². The SMILES string of the molecule is C=C[C@@H]1C[C@]1(NC(=O)[C@@H]1CC(OC(=O)N2Cc3cccc(F)c3C2)CN1C(=O)[C@H](CCC(=O)/C=C/C1CCC1)NC(=O)OC(C)(C)C)C(=O)NS(=O)(=O)C1CC1.